The van der Waals surface area contributed by atoms with E-state index in [-0.39, 0.29) is 19.0 Å². The Hall–Kier alpha value is -0.590. The Bertz CT molecular complexity index is 429. The molecule has 1 aromatic carbocycles. The first-order chi connectivity index (χ1) is 9.58. The number of methoxy groups -OCH3 is 1. The summed E-state index contributed by atoms with van der Waals surface area (Å²) in [5.74, 6) is 0.422. The summed E-state index contributed by atoms with van der Waals surface area (Å²) < 4.78 is 11.9. The lowest BCUT2D eigenvalue weighted by molar-refractivity contribution is -0.141. The molecule has 1 rings (SSSR count). The molecule has 0 spiro atoms. The van der Waals surface area contributed by atoms with Gasteiger partial charge < -0.3 is 14.8 Å². The summed E-state index contributed by atoms with van der Waals surface area (Å²) in [6.45, 7) is 4.23. The molecule has 20 heavy (non-hydrogen) atoms. The largest absolute Gasteiger partial charge is 0.491 e. The lowest BCUT2D eigenvalue weighted by atomic mass is 10.2. The minimum Gasteiger partial charge on any atom is -0.491 e. The molecule has 0 bridgehead atoms. The Morgan fingerprint density at radius 3 is 2.50 bits per heavy atom. The van der Waals surface area contributed by atoms with Gasteiger partial charge >= 0.3 is 5.97 Å². The van der Waals surface area contributed by atoms with Crippen LogP contribution >= 0.6 is 31.9 Å². The molecule has 0 aliphatic heterocycles. The molecule has 0 fully saturated rings. The van der Waals surface area contributed by atoms with Crippen molar-refractivity contribution >= 4 is 37.8 Å². The minimum absolute atomic E-state index is 0.231. The molecule has 0 heterocycles. The quantitative estimate of drug-likeness (QED) is 0.526. The number of hydrogen-bond donors (Lipinski definition) is 1. The fourth-order valence-corrected chi connectivity index (χ4v) is 3.11. The molecule has 1 N–H and O–H groups in total. The zero-order chi connectivity index (χ0) is 15.0. The molecule has 0 amide bonds. The van der Waals surface area contributed by atoms with E-state index in [0.29, 0.717) is 5.75 Å². The third-order valence-corrected chi connectivity index (χ3v) is 3.77. The lowest BCUT2D eigenvalue weighted by Crippen LogP contribution is -2.14. The number of rotatable bonds is 8. The van der Waals surface area contributed by atoms with Crippen LogP contribution in [0.3, 0.4) is 0 Å². The fraction of sp³-hybridized carbons (Fsp3) is 0.500. The number of halogens is 2. The first-order valence-corrected chi connectivity index (χ1v) is 8.05. The maximum Gasteiger partial charge on any atom is 0.308 e. The van der Waals surface area contributed by atoms with Gasteiger partial charge in [-0.1, -0.05) is 6.92 Å². The summed E-state index contributed by atoms with van der Waals surface area (Å²) in [7, 11) is 1.37. The van der Waals surface area contributed by atoms with Gasteiger partial charge in [0.15, 0.2) is 0 Å². The van der Waals surface area contributed by atoms with Crippen molar-refractivity contribution in [2.24, 2.45) is 0 Å². The van der Waals surface area contributed by atoms with Crippen LogP contribution in [-0.2, 0) is 16.1 Å². The summed E-state index contributed by atoms with van der Waals surface area (Å²) in [6.07, 6.45) is 1.34. The molecule has 0 atom stereocenters. The first kappa shape index (κ1) is 17.5. The third-order valence-electron chi connectivity index (χ3n) is 2.59. The van der Waals surface area contributed by atoms with Crippen molar-refractivity contribution in [2.75, 3.05) is 20.3 Å². The summed E-state index contributed by atoms with van der Waals surface area (Å²) in [5.41, 5.74) is 1.16. The van der Waals surface area contributed by atoms with Gasteiger partial charge in [0, 0.05) is 6.54 Å². The van der Waals surface area contributed by atoms with Crippen LogP contribution in [0.2, 0.25) is 0 Å². The van der Waals surface area contributed by atoms with Crippen molar-refractivity contribution < 1.29 is 14.3 Å². The van der Waals surface area contributed by atoms with Crippen molar-refractivity contribution in [3.05, 3.63) is 26.6 Å². The number of hydrogen-bond acceptors (Lipinski definition) is 4. The highest BCUT2D eigenvalue weighted by atomic mass is 79.9. The van der Waals surface area contributed by atoms with Crippen molar-refractivity contribution in [1.29, 1.82) is 0 Å². The van der Waals surface area contributed by atoms with E-state index in [2.05, 4.69) is 48.8 Å². The number of nitrogens with one attached hydrogen (secondary N) is 1. The second kappa shape index (κ2) is 9.37. The average Bonchev–Trinajstić information content (AvgIpc) is 2.42. The zero-order valence-electron chi connectivity index (χ0n) is 11.7. The third kappa shape index (κ3) is 5.81. The van der Waals surface area contributed by atoms with E-state index in [0.717, 1.165) is 34.0 Å². The summed E-state index contributed by atoms with van der Waals surface area (Å²) in [4.78, 5) is 11.0. The molecule has 1 aromatic rings. The van der Waals surface area contributed by atoms with Crippen LogP contribution in [-0.4, -0.2) is 26.2 Å². The van der Waals surface area contributed by atoms with Gasteiger partial charge in [0.2, 0.25) is 0 Å². The molecule has 0 aromatic heterocycles. The Morgan fingerprint density at radius 1 is 1.30 bits per heavy atom. The van der Waals surface area contributed by atoms with Crippen LogP contribution in [0.25, 0.3) is 0 Å². The molecule has 0 radical (unpaired) electrons. The highest BCUT2D eigenvalue weighted by Crippen LogP contribution is 2.34. The maximum atomic E-state index is 11.0. The van der Waals surface area contributed by atoms with Gasteiger partial charge in [0.05, 0.1) is 29.1 Å². The molecular formula is C14H19Br2NO3. The van der Waals surface area contributed by atoms with Crippen molar-refractivity contribution in [3.8, 4) is 5.75 Å². The standard InChI is InChI=1S/C14H19Br2NO3/c1-3-5-17-9-10-7-11(15)14(12(16)8-10)20-6-4-13(18)19-2/h7-8,17H,3-6,9H2,1-2H3. The van der Waals surface area contributed by atoms with Gasteiger partial charge in [-0.15, -0.1) is 0 Å². The number of carbonyl (C=O) groups excluding carboxylic acids is 1. The van der Waals surface area contributed by atoms with Gasteiger partial charge in [0.25, 0.3) is 0 Å². The summed E-state index contributed by atoms with van der Waals surface area (Å²) in [5, 5.41) is 3.35. The zero-order valence-corrected chi connectivity index (χ0v) is 14.8. The Balaban J connectivity index is 2.61. The second-order valence-electron chi connectivity index (χ2n) is 4.24. The van der Waals surface area contributed by atoms with Crippen molar-refractivity contribution in [2.45, 2.75) is 26.3 Å². The molecule has 0 aliphatic carbocycles. The Morgan fingerprint density at radius 2 is 1.95 bits per heavy atom. The highest BCUT2D eigenvalue weighted by Gasteiger charge is 2.10. The van der Waals surface area contributed by atoms with E-state index in [1.807, 2.05) is 12.1 Å². The van der Waals surface area contributed by atoms with Crippen LogP contribution in [0.4, 0.5) is 0 Å². The highest BCUT2D eigenvalue weighted by molar-refractivity contribution is 9.11. The van der Waals surface area contributed by atoms with Gasteiger partial charge in [0.1, 0.15) is 5.75 Å². The molecule has 0 aliphatic rings. The number of carbonyl (C=O) groups is 1. The molecule has 6 heteroatoms. The van der Waals surface area contributed by atoms with E-state index in [1.54, 1.807) is 0 Å². The molecule has 4 nitrogen and oxygen atoms in total. The monoisotopic (exact) mass is 407 g/mol. The molecule has 0 saturated heterocycles. The van der Waals surface area contributed by atoms with Crippen molar-refractivity contribution in [1.82, 2.24) is 5.32 Å². The SMILES string of the molecule is CCCNCc1cc(Br)c(OCCC(=O)OC)c(Br)c1. The van der Waals surface area contributed by atoms with Crippen LogP contribution in [0.1, 0.15) is 25.3 Å². The van der Waals surface area contributed by atoms with Crippen LogP contribution in [0.5, 0.6) is 5.75 Å². The summed E-state index contributed by atoms with van der Waals surface area (Å²) >= 11 is 6.98. The fourth-order valence-electron chi connectivity index (χ4n) is 1.60. The van der Waals surface area contributed by atoms with Gasteiger partial charge in [-0.3, -0.25) is 4.79 Å². The predicted molar refractivity (Wildman–Crippen MR) is 86.0 cm³/mol. The van der Waals surface area contributed by atoms with Gasteiger partial charge in [-0.25, -0.2) is 0 Å². The van der Waals surface area contributed by atoms with E-state index in [4.69, 9.17) is 4.74 Å². The van der Waals surface area contributed by atoms with Crippen LogP contribution < -0.4 is 10.1 Å². The van der Waals surface area contributed by atoms with E-state index in [9.17, 15) is 4.79 Å². The smallest absolute Gasteiger partial charge is 0.308 e. The normalized spacial score (nSPS) is 10.4. The Kier molecular flexibility index (Phi) is 8.18. The van der Waals surface area contributed by atoms with Gasteiger partial charge in [-0.2, -0.15) is 0 Å². The average molecular weight is 409 g/mol. The molecule has 0 saturated carbocycles. The van der Waals surface area contributed by atoms with Crippen LogP contribution in [0, 0.1) is 0 Å². The topological polar surface area (TPSA) is 47.6 Å². The number of ether oxygens (including phenoxy) is 2. The number of esters is 1. The molecule has 0 unspecified atom stereocenters. The van der Waals surface area contributed by atoms with Crippen molar-refractivity contribution in [3.63, 3.8) is 0 Å². The molecular weight excluding hydrogens is 390 g/mol. The second-order valence-corrected chi connectivity index (χ2v) is 5.95. The first-order valence-electron chi connectivity index (χ1n) is 6.46. The summed E-state index contributed by atoms with van der Waals surface area (Å²) in [6, 6.07) is 4.03. The number of benzene rings is 1. The minimum atomic E-state index is -0.280. The lowest BCUT2D eigenvalue weighted by Gasteiger charge is -2.12. The van der Waals surface area contributed by atoms with E-state index >= 15 is 0 Å². The predicted octanol–water partition coefficient (Wildman–Crippen LogP) is 3.65. The van der Waals surface area contributed by atoms with Crippen LogP contribution in [0.15, 0.2) is 21.1 Å². The molecule has 112 valence electrons. The van der Waals surface area contributed by atoms with E-state index < -0.39 is 0 Å². The van der Waals surface area contributed by atoms with E-state index in [1.165, 1.54) is 7.11 Å². The Labute approximate surface area is 136 Å². The van der Waals surface area contributed by atoms with Gasteiger partial charge in [-0.05, 0) is 62.5 Å². The maximum absolute atomic E-state index is 11.0.